The van der Waals surface area contributed by atoms with E-state index in [4.69, 9.17) is 11.6 Å². The zero-order chi connectivity index (χ0) is 15.5. The second kappa shape index (κ2) is 6.66. The van der Waals surface area contributed by atoms with Gasteiger partial charge in [0.15, 0.2) is 0 Å². The molecule has 3 rings (SSSR count). The van der Waals surface area contributed by atoms with Gasteiger partial charge in [-0.05, 0) is 43.4 Å². The Labute approximate surface area is 136 Å². The van der Waals surface area contributed by atoms with Crippen LogP contribution in [0.1, 0.15) is 31.7 Å². The summed E-state index contributed by atoms with van der Waals surface area (Å²) < 4.78 is 0. The Hall–Kier alpha value is -1.61. The van der Waals surface area contributed by atoms with Crippen LogP contribution in [0.25, 0.3) is 0 Å². The number of allylic oxidation sites excluding steroid dienone is 1. The van der Waals surface area contributed by atoms with Crippen LogP contribution in [0.3, 0.4) is 0 Å². The molecule has 0 spiro atoms. The van der Waals surface area contributed by atoms with Crippen LogP contribution in [-0.2, 0) is 11.3 Å². The molecule has 3 nitrogen and oxygen atoms in total. The van der Waals surface area contributed by atoms with E-state index >= 15 is 0 Å². The number of amides is 1. The Kier molecular flexibility index (Phi) is 4.63. The van der Waals surface area contributed by atoms with Crippen LogP contribution in [-0.4, -0.2) is 29.6 Å². The molecule has 1 heterocycles. The first-order valence-electron chi connectivity index (χ1n) is 7.88. The van der Waals surface area contributed by atoms with E-state index in [1.54, 1.807) is 0 Å². The van der Waals surface area contributed by atoms with E-state index in [1.807, 2.05) is 42.2 Å². The number of nitrogens with zero attached hydrogens (tertiary/aromatic N) is 2. The van der Waals surface area contributed by atoms with Crippen LogP contribution in [0.5, 0.6) is 0 Å². The van der Waals surface area contributed by atoms with Gasteiger partial charge in [-0.3, -0.25) is 9.79 Å². The minimum atomic E-state index is 0.104. The number of benzene rings is 1. The molecule has 1 aliphatic carbocycles. The first kappa shape index (κ1) is 15.3. The van der Waals surface area contributed by atoms with Crippen molar-refractivity contribution in [2.24, 2.45) is 10.9 Å². The quantitative estimate of drug-likeness (QED) is 0.811. The fraction of sp³-hybridized carbons (Fsp3) is 0.444. The minimum absolute atomic E-state index is 0.104. The van der Waals surface area contributed by atoms with Crippen LogP contribution in [0, 0.1) is 5.92 Å². The van der Waals surface area contributed by atoms with E-state index < -0.39 is 0 Å². The van der Waals surface area contributed by atoms with Crippen LogP contribution in [0.4, 0.5) is 0 Å². The number of hydrogen-bond acceptors (Lipinski definition) is 2. The van der Waals surface area contributed by atoms with Crippen molar-refractivity contribution in [1.82, 2.24) is 4.90 Å². The van der Waals surface area contributed by atoms with Crippen LogP contribution < -0.4 is 0 Å². The molecular formula is C18H21ClN2O. The highest BCUT2D eigenvalue weighted by molar-refractivity contribution is 6.31. The zero-order valence-corrected chi connectivity index (χ0v) is 13.6. The smallest absolute Gasteiger partial charge is 0.252 e. The highest BCUT2D eigenvalue weighted by Gasteiger charge is 2.26. The topological polar surface area (TPSA) is 32.7 Å². The highest BCUT2D eigenvalue weighted by atomic mass is 35.5. The lowest BCUT2D eigenvalue weighted by Crippen LogP contribution is -2.38. The van der Waals surface area contributed by atoms with Crippen LogP contribution in [0.2, 0.25) is 5.02 Å². The van der Waals surface area contributed by atoms with E-state index in [0.29, 0.717) is 19.0 Å². The monoisotopic (exact) mass is 316 g/mol. The van der Waals surface area contributed by atoms with Crippen molar-refractivity contribution in [3.8, 4) is 0 Å². The summed E-state index contributed by atoms with van der Waals surface area (Å²) in [4.78, 5) is 19.1. The predicted octanol–water partition coefficient (Wildman–Crippen LogP) is 3.87. The lowest BCUT2D eigenvalue weighted by atomic mass is 9.85. The lowest BCUT2D eigenvalue weighted by Gasteiger charge is -2.33. The molecular weight excluding hydrogens is 296 g/mol. The Bertz CT molecular complexity index is 632. The molecule has 116 valence electrons. The predicted molar refractivity (Wildman–Crippen MR) is 90.3 cm³/mol. The zero-order valence-electron chi connectivity index (χ0n) is 12.9. The van der Waals surface area contributed by atoms with Gasteiger partial charge in [0.1, 0.15) is 0 Å². The first-order chi connectivity index (χ1) is 10.6. The van der Waals surface area contributed by atoms with Gasteiger partial charge < -0.3 is 4.90 Å². The van der Waals surface area contributed by atoms with Gasteiger partial charge in [0.05, 0.1) is 6.54 Å². The SMILES string of the molecule is CC1=NCC(C(=O)N(Cc2ccccc2Cl)CC2CCC2)=C1. The van der Waals surface area contributed by atoms with Gasteiger partial charge in [0.2, 0.25) is 0 Å². The summed E-state index contributed by atoms with van der Waals surface area (Å²) in [6.45, 7) is 3.84. The molecule has 0 atom stereocenters. The number of carbonyl (C=O) groups is 1. The number of aliphatic imine (C=N–C) groups is 1. The Morgan fingerprint density at radius 1 is 1.36 bits per heavy atom. The van der Waals surface area contributed by atoms with Gasteiger partial charge in [-0.2, -0.15) is 0 Å². The maximum atomic E-state index is 12.8. The van der Waals surface area contributed by atoms with Crippen molar-refractivity contribution in [1.29, 1.82) is 0 Å². The van der Waals surface area contributed by atoms with Crippen LogP contribution >= 0.6 is 11.6 Å². The Morgan fingerprint density at radius 3 is 2.73 bits per heavy atom. The van der Waals surface area contributed by atoms with E-state index in [0.717, 1.165) is 28.4 Å². The van der Waals surface area contributed by atoms with Gasteiger partial charge in [0, 0.05) is 29.4 Å². The molecule has 1 amide bonds. The van der Waals surface area contributed by atoms with Crippen molar-refractivity contribution in [2.45, 2.75) is 32.7 Å². The van der Waals surface area contributed by atoms with Crippen molar-refractivity contribution in [3.05, 3.63) is 46.5 Å². The fourth-order valence-electron chi connectivity index (χ4n) is 2.92. The lowest BCUT2D eigenvalue weighted by molar-refractivity contribution is -0.128. The summed E-state index contributed by atoms with van der Waals surface area (Å²) >= 11 is 6.27. The number of hydrogen-bond donors (Lipinski definition) is 0. The summed E-state index contributed by atoms with van der Waals surface area (Å²) in [6, 6.07) is 7.76. The third-order valence-corrected chi connectivity index (χ3v) is 4.83. The molecule has 1 saturated carbocycles. The second-order valence-corrected chi connectivity index (χ2v) is 6.61. The van der Waals surface area contributed by atoms with Gasteiger partial charge in [-0.25, -0.2) is 0 Å². The summed E-state index contributed by atoms with van der Waals surface area (Å²) in [5.41, 5.74) is 2.74. The third-order valence-electron chi connectivity index (χ3n) is 4.47. The van der Waals surface area contributed by atoms with E-state index in [-0.39, 0.29) is 5.91 Å². The normalized spacial score (nSPS) is 17.7. The van der Waals surface area contributed by atoms with Gasteiger partial charge >= 0.3 is 0 Å². The molecule has 0 saturated heterocycles. The van der Waals surface area contributed by atoms with Gasteiger partial charge in [0.25, 0.3) is 5.91 Å². The first-order valence-corrected chi connectivity index (χ1v) is 8.25. The third kappa shape index (κ3) is 3.41. The molecule has 1 aromatic carbocycles. The maximum absolute atomic E-state index is 12.8. The molecule has 2 aliphatic rings. The van der Waals surface area contributed by atoms with Crippen molar-refractivity contribution >= 4 is 23.2 Å². The number of halogens is 1. The summed E-state index contributed by atoms with van der Waals surface area (Å²) in [5, 5.41) is 0.724. The number of carbonyl (C=O) groups excluding carboxylic acids is 1. The molecule has 0 N–H and O–H groups in total. The molecule has 0 unspecified atom stereocenters. The maximum Gasteiger partial charge on any atom is 0.252 e. The molecule has 1 aromatic rings. The van der Waals surface area contributed by atoms with Crippen molar-refractivity contribution in [2.75, 3.05) is 13.1 Å². The Balaban J connectivity index is 1.76. The van der Waals surface area contributed by atoms with Crippen molar-refractivity contribution < 1.29 is 4.79 Å². The molecule has 1 aliphatic heterocycles. The molecule has 0 bridgehead atoms. The van der Waals surface area contributed by atoms with Gasteiger partial charge in [-0.1, -0.05) is 36.2 Å². The molecule has 1 fully saturated rings. The largest absolute Gasteiger partial charge is 0.334 e. The highest BCUT2D eigenvalue weighted by Crippen LogP contribution is 2.29. The molecule has 0 aromatic heterocycles. The second-order valence-electron chi connectivity index (χ2n) is 6.20. The molecule has 0 radical (unpaired) electrons. The minimum Gasteiger partial charge on any atom is -0.334 e. The van der Waals surface area contributed by atoms with E-state index in [1.165, 1.54) is 19.3 Å². The Morgan fingerprint density at radius 2 is 2.14 bits per heavy atom. The summed E-state index contributed by atoms with van der Waals surface area (Å²) in [7, 11) is 0. The molecule has 22 heavy (non-hydrogen) atoms. The van der Waals surface area contributed by atoms with Crippen molar-refractivity contribution in [3.63, 3.8) is 0 Å². The van der Waals surface area contributed by atoms with E-state index in [9.17, 15) is 4.79 Å². The number of rotatable bonds is 5. The molecule has 4 heteroatoms. The van der Waals surface area contributed by atoms with Gasteiger partial charge in [-0.15, -0.1) is 0 Å². The average Bonchev–Trinajstić information content (AvgIpc) is 2.89. The van der Waals surface area contributed by atoms with E-state index in [2.05, 4.69) is 4.99 Å². The summed E-state index contributed by atoms with van der Waals surface area (Å²) in [6.07, 6.45) is 5.63. The summed E-state index contributed by atoms with van der Waals surface area (Å²) in [5.74, 6) is 0.739. The van der Waals surface area contributed by atoms with Crippen LogP contribution in [0.15, 0.2) is 40.9 Å². The average molecular weight is 317 g/mol. The standard InChI is InChI=1S/C18H21ClN2O/c1-13-9-16(10-20-13)18(22)21(11-14-5-4-6-14)12-15-7-2-3-8-17(15)19/h2-3,7-9,14H,4-6,10-12H2,1H3. The fourth-order valence-corrected chi connectivity index (χ4v) is 3.12.